The number of halogens is 1. The summed E-state index contributed by atoms with van der Waals surface area (Å²) in [6.07, 6.45) is 2.67. The Morgan fingerprint density at radius 1 is 1.19 bits per heavy atom. The molecular weight excluding hydrogens is 354 g/mol. The Bertz CT molecular complexity index is 721. The Morgan fingerprint density at radius 2 is 1.90 bits per heavy atom. The molecule has 1 amide bonds. The van der Waals surface area contributed by atoms with Crippen LogP contribution in [-0.2, 0) is 12.8 Å². The fourth-order valence-corrected chi connectivity index (χ4v) is 4.04. The van der Waals surface area contributed by atoms with E-state index in [4.69, 9.17) is 0 Å². The second-order valence-electron chi connectivity index (χ2n) is 4.83. The molecule has 0 saturated carbocycles. The summed E-state index contributed by atoms with van der Waals surface area (Å²) in [5, 5.41) is 12.6. The Labute approximate surface area is 133 Å². The summed E-state index contributed by atoms with van der Waals surface area (Å²) in [5.41, 5.74) is 1.65. The van der Waals surface area contributed by atoms with Gasteiger partial charge < -0.3 is 10.4 Å². The van der Waals surface area contributed by atoms with Gasteiger partial charge in [-0.25, -0.2) is 4.79 Å². The average molecular weight is 366 g/mol. The van der Waals surface area contributed by atoms with E-state index in [1.54, 1.807) is 24.3 Å². The van der Waals surface area contributed by atoms with E-state index in [1.165, 1.54) is 11.3 Å². The minimum absolute atomic E-state index is 0.262. The molecule has 0 fully saturated rings. The third kappa shape index (κ3) is 2.73. The molecule has 21 heavy (non-hydrogen) atoms. The number of nitrogens with one attached hydrogen (secondary N) is 1. The lowest BCUT2D eigenvalue weighted by molar-refractivity contribution is 0.0697. The second kappa shape index (κ2) is 5.61. The number of carbonyl (C=O) groups excluding carboxylic acids is 1. The quantitative estimate of drug-likeness (QED) is 0.865. The first-order valence-electron chi connectivity index (χ1n) is 6.51. The lowest BCUT2D eigenvalue weighted by Gasteiger charge is -2.05. The van der Waals surface area contributed by atoms with Crippen molar-refractivity contribution in [3.05, 3.63) is 50.3 Å². The molecule has 108 valence electrons. The topological polar surface area (TPSA) is 66.4 Å². The van der Waals surface area contributed by atoms with Gasteiger partial charge in [-0.2, -0.15) is 0 Å². The number of benzene rings is 1. The maximum atomic E-state index is 12.2. The van der Waals surface area contributed by atoms with Crippen LogP contribution in [0, 0.1) is 0 Å². The largest absolute Gasteiger partial charge is 0.478 e. The van der Waals surface area contributed by atoms with Crippen LogP contribution in [0.3, 0.4) is 0 Å². The number of anilines is 1. The average Bonchev–Trinajstić information content (AvgIpc) is 2.98. The monoisotopic (exact) mass is 365 g/mol. The summed E-state index contributed by atoms with van der Waals surface area (Å²) >= 11 is 4.70. The zero-order valence-electron chi connectivity index (χ0n) is 11.0. The van der Waals surface area contributed by atoms with E-state index in [0.717, 1.165) is 34.2 Å². The highest BCUT2D eigenvalue weighted by atomic mass is 79.9. The molecule has 0 radical (unpaired) electrons. The van der Waals surface area contributed by atoms with Crippen LogP contribution in [0.1, 0.15) is 37.6 Å². The lowest BCUT2D eigenvalue weighted by Crippen LogP contribution is -2.13. The van der Waals surface area contributed by atoms with E-state index in [0.29, 0.717) is 10.6 Å². The van der Waals surface area contributed by atoms with Crippen molar-refractivity contribution in [2.75, 3.05) is 5.32 Å². The number of aryl methyl sites for hydroxylation is 1. The number of aromatic carboxylic acids is 1. The van der Waals surface area contributed by atoms with Gasteiger partial charge in [0.25, 0.3) is 5.91 Å². The number of amides is 1. The number of carboxylic acids is 1. The molecule has 0 unspecified atom stereocenters. The first kappa shape index (κ1) is 14.3. The van der Waals surface area contributed by atoms with E-state index >= 15 is 0 Å². The van der Waals surface area contributed by atoms with Gasteiger partial charge in [0, 0.05) is 14.9 Å². The fourth-order valence-electron chi connectivity index (χ4n) is 2.50. The highest BCUT2D eigenvalue weighted by Gasteiger charge is 2.27. The standard InChI is InChI=1S/C15H12BrNO3S/c16-9-6-4-8(5-7-9)13(18)17-14-12(15(19)20)10-2-1-3-11(10)21-14/h4-7H,1-3H2,(H,17,18)(H,19,20). The lowest BCUT2D eigenvalue weighted by atomic mass is 10.1. The maximum Gasteiger partial charge on any atom is 0.339 e. The van der Waals surface area contributed by atoms with Crippen LogP contribution in [-0.4, -0.2) is 17.0 Å². The Balaban J connectivity index is 1.90. The summed E-state index contributed by atoms with van der Waals surface area (Å²) in [5.74, 6) is -1.26. The minimum Gasteiger partial charge on any atom is -0.478 e. The van der Waals surface area contributed by atoms with Crippen LogP contribution in [0.2, 0.25) is 0 Å². The molecule has 0 spiro atoms. The molecule has 2 N–H and O–H groups in total. The number of carbonyl (C=O) groups is 2. The molecule has 4 nitrogen and oxygen atoms in total. The predicted molar refractivity (Wildman–Crippen MR) is 85.4 cm³/mol. The minimum atomic E-state index is -0.972. The van der Waals surface area contributed by atoms with Gasteiger partial charge in [0.15, 0.2) is 0 Å². The summed E-state index contributed by atoms with van der Waals surface area (Å²) in [7, 11) is 0. The summed E-state index contributed by atoms with van der Waals surface area (Å²) in [6, 6.07) is 6.95. The van der Waals surface area contributed by atoms with E-state index in [-0.39, 0.29) is 11.5 Å². The van der Waals surface area contributed by atoms with Gasteiger partial charge in [-0.05, 0) is 49.1 Å². The Kier molecular flexibility index (Phi) is 3.82. The first-order valence-corrected chi connectivity index (χ1v) is 8.12. The van der Waals surface area contributed by atoms with Crippen LogP contribution in [0.5, 0.6) is 0 Å². The maximum absolute atomic E-state index is 12.2. The SMILES string of the molecule is O=C(Nc1sc2c(c1C(=O)O)CCC2)c1ccc(Br)cc1. The van der Waals surface area contributed by atoms with Crippen molar-refractivity contribution in [2.24, 2.45) is 0 Å². The number of carboxylic acid groups (broad SMARTS) is 1. The second-order valence-corrected chi connectivity index (χ2v) is 6.85. The Morgan fingerprint density at radius 3 is 2.57 bits per heavy atom. The number of rotatable bonds is 3. The van der Waals surface area contributed by atoms with Crippen molar-refractivity contribution in [2.45, 2.75) is 19.3 Å². The molecule has 0 aliphatic heterocycles. The van der Waals surface area contributed by atoms with Crippen molar-refractivity contribution in [1.29, 1.82) is 0 Å². The highest BCUT2D eigenvalue weighted by Crippen LogP contribution is 2.39. The molecule has 2 aromatic rings. The van der Waals surface area contributed by atoms with Crippen molar-refractivity contribution in [3.63, 3.8) is 0 Å². The zero-order valence-corrected chi connectivity index (χ0v) is 13.4. The zero-order chi connectivity index (χ0) is 15.0. The van der Waals surface area contributed by atoms with Crippen molar-refractivity contribution in [3.8, 4) is 0 Å². The van der Waals surface area contributed by atoms with Crippen LogP contribution in [0.4, 0.5) is 5.00 Å². The van der Waals surface area contributed by atoms with Gasteiger partial charge in [0.2, 0.25) is 0 Å². The summed E-state index contributed by atoms with van der Waals surface area (Å²) in [4.78, 5) is 24.8. The van der Waals surface area contributed by atoms with E-state index in [1.807, 2.05) is 0 Å². The molecule has 0 bridgehead atoms. The molecule has 3 rings (SSSR count). The van der Waals surface area contributed by atoms with Crippen molar-refractivity contribution >= 4 is 44.1 Å². The number of hydrogen-bond donors (Lipinski definition) is 2. The normalized spacial score (nSPS) is 13.0. The molecule has 0 saturated heterocycles. The molecular formula is C15H12BrNO3S. The summed E-state index contributed by atoms with van der Waals surface area (Å²) < 4.78 is 0.889. The van der Waals surface area contributed by atoms with Crippen LogP contribution >= 0.6 is 27.3 Å². The van der Waals surface area contributed by atoms with Crippen molar-refractivity contribution < 1.29 is 14.7 Å². The molecule has 1 heterocycles. The van der Waals surface area contributed by atoms with Gasteiger partial charge in [-0.15, -0.1) is 11.3 Å². The van der Waals surface area contributed by atoms with Gasteiger partial charge in [0.1, 0.15) is 5.00 Å². The number of thiophene rings is 1. The smallest absolute Gasteiger partial charge is 0.339 e. The summed E-state index contributed by atoms with van der Waals surface area (Å²) in [6.45, 7) is 0. The molecule has 1 aliphatic carbocycles. The number of fused-ring (bicyclic) bond motifs is 1. The molecule has 1 aromatic carbocycles. The number of hydrogen-bond acceptors (Lipinski definition) is 3. The van der Waals surface area contributed by atoms with Crippen LogP contribution < -0.4 is 5.32 Å². The third-order valence-corrected chi connectivity index (χ3v) is 5.20. The fraction of sp³-hybridized carbons (Fsp3) is 0.200. The van der Waals surface area contributed by atoms with Crippen LogP contribution in [0.15, 0.2) is 28.7 Å². The predicted octanol–water partition coefficient (Wildman–Crippen LogP) is 3.95. The molecule has 6 heteroatoms. The highest BCUT2D eigenvalue weighted by molar-refractivity contribution is 9.10. The first-order chi connectivity index (χ1) is 10.1. The van der Waals surface area contributed by atoms with Gasteiger partial charge >= 0.3 is 5.97 Å². The molecule has 1 aliphatic rings. The molecule has 0 atom stereocenters. The molecule has 1 aromatic heterocycles. The van der Waals surface area contributed by atoms with E-state index in [2.05, 4.69) is 21.2 Å². The van der Waals surface area contributed by atoms with Gasteiger partial charge in [-0.1, -0.05) is 15.9 Å². The van der Waals surface area contributed by atoms with Gasteiger partial charge in [-0.3, -0.25) is 4.79 Å². The van der Waals surface area contributed by atoms with E-state index in [9.17, 15) is 14.7 Å². The van der Waals surface area contributed by atoms with E-state index < -0.39 is 5.97 Å². The van der Waals surface area contributed by atoms with Gasteiger partial charge in [0.05, 0.1) is 5.56 Å². The van der Waals surface area contributed by atoms with Crippen molar-refractivity contribution in [1.82, 2.24) is 0 Å². The Hall–Kier alpha value is -1.66. The third-order valence-electron chi connectivity index (χ3n) is 3.47. The van der Waals surface area contributed by atoms with Crippen LogP contribution in [0.25, 0.3) is 0 Å².